The Balaban J connectivity index is 2.42. The van der Waals surface area contributed by atoms with Crippen LogP contribution in [0.15, 0.2) is 0 Å². The van der Waals surface area contributed by atoms with E-state index in [2.05, 4.69) is 5.32 Å². The molecule has 0 aromatic carbocycles. The van der Waals surface area contributed by atoms with Gasteiger partial charge in [-0.15, -0.1) is 0 Å². The molecule has 0 atom stereocenters. The van der Waals surface area contributed by atoms with Crippen molar-refractivity contribution in [2.24, 2.45) is 0 Å². The fourth-order valence-corrected chi connectivity index (χ4v) is 0.646. The Hall–Kier alpha value is -0.770. The van der Waals surface area contributed by atoms with Crippen LogP contribution in [0.5, 0.6) is 0 Å². The smallest absolute Gasteiger partial charge is 0.319 e. The van der Waals surface area contributed by atoms with Gasteiger partial charge in [0.1, 0.15) is 6.73 Å². The molecule has 1 fully saturated rings. The average Bonchev–Trinajstić information content (AvgIpc) is 2.14. The fraction of sp³-hybridized carbons (Fsp3) is 0.750. The van der Waals surface area contributed by atoms with Gasteiger partial charge in [-0.1, -0.05) is 0 Å². The lowest BCUT2D eigenvalue weighted by molar-refractivity contribution is 0.142. The first kappa shape index (κ1) is 5.37. The zero-order valence-corrected chi connectivity index (χ0v) is 4.42. The summed E-state index contributed by atoms with van der Waals surface area (Å²) in [5.41, 5.74) is 0. The molecular weight excluding hydrogens is 108 g/mol. The van der Waals surface area contributed by atoms with Gasteiger partial charge < -0.3 is 10.4 Å². The Kier molecular flexibility index (Phi) is 1.34. The monoisotopic (exact) mass is 116 g/mol. The van der Waals surface area contributed by atoms with E-state index < -0.39 is 0 Å². The number of carbonyl (C=O) groups is 1. The number of aliphatic hydroxyl groups is 1. The van der Waals surface area contributed by atoms with E-state index in [4.69, 9.17) is 5.11 Å². The maximum Gasteiger partial charge on any atom is 0.319 e. The van der Waals surface area contributed by atoms with E-state index in [9.17, 15) is 4.79 Å². The predicted molar refractivity (Wildman–Crippen MR) is 27.2 cm³/mol. The average molecular weight is 116 g/mol. The first-order chi connectivity index (χ1) is 3.84. The molecule has 0 aromatic heterocycles. The maximum absolute atomic E-state index is 10.5. The Morgan fingerprint density at radius 2 is 2.62 bits per heavy atom. The highest BCUT2D eigenvalue weighted by Crippen LogP contribution is 1.91. The Labute approximate surface area is 47.1 Å². The van der Waals surface area contributed by atoms with Crippen LogP contribution < -0.4 is 5.32 Å². The van der Waals surface area contributed by atoms with Gasteiger partial charge in [-0.05, 0) is 0 Å². The van der Waals surface area contributed by atoms with E-state index in [1.807, 2.05) is 0 Å². The van der Waals surface area contributed by atoms with Gasteiger partial charge in [0.05, 0.1) is 0 Å². The van der Waals surface area contributed by atoms with Crippen LogP contribution in [-0.4, -0.2) is 35.9 Å². The number of urea groups is 1. The van der Waals surface area contributed by atoms with Crippen LogP contribution in [0.2, 0.25) is 0 Å². The molecule has 4 nitrogen and oxygen atoms in total. The van der Waals surface area contributed by atoms with Gasteiger partial charge >= 0.3 is 6.03 Å². The zero-order chi connectivity index (χ0) is 5.98. The van der Waals surface area contributed by atoms with Crippen molar-refractivity contribution in [2.45, 2.75) is 0 Å². The fourth-order valence-electron chi connectivity index (χ4n) is 0.646. The number of amides is 2. The van der Waals surface area contributed by atoms with Crippen molar-refractivity contribution in [3.8, 4) is 0 Å². The van der Waals surface area contributed by atoms with E-state index in [0.29, 0.717) is 13.1 Å². The maximum atomic E-state index is 10.5. The number of aliphatic hydroxyl groups excluding tert-OH is 1. The van der Waals surface area contributed by atoms with Gasteiger partial charge in [0, 0.05) is 13.1 Å². The van der Waals surface area contributed by atoms with Crippen molar-refractivity contribution in [1.82, 2.24) is 10.2 Å². The van der Waals surface area contributed by atoms with Crippen molar-refractivity contribution in [3.63, 3.8) is 0 Å². The molecule has 8 heavy (non-hydrogen) atoms. The Bertz CT molecular complexity index is 104. The number of rotatable bonds is 1. The van der Waals surface area contributed by atoms with Crippen LogP contribution in [0.3, 0.4) is 0 Å². The third-order valence-corrected chi connectivity index (χ3v) is 1.12. The molecule has 2 N–H and O–H groups in total. The van der Waals surface area contributed by atoms with E-state index in [1.54, 1.807) is 0 Å². The summed E-state index contributed by atoms with van der Waals surface area (Å²) >= 11 is 0. The summed E-state index contributed by atoms with van der Waals surface area (Å²) in [7, 11) is 0. The van der Waals surface area contributed by atoms with Gasteiger partial charge in [-0.3, -0.25) is 4.90 Å². The normalized spacial score (nSPS) is 19.1. The molecule has 0 saturated carbocycles. The lowest BCUT2D eigenvalue weighted by Crippen LogP contribution is -2.28. The first-order valence-electron chi connectivity index (χ1n) is 2.48. The second kappa shape index (κ2) is 2.00. The number of carbonyl (C=O) groups excluding carboxylic acids is 1. The summed E-state index contributed by atoms with van der Waals surface area (Å²) in [5.74, 6) is 0. The molecule has 1 aliphatic heterocycles. The molecule has 0 aliphatic carbocycles. The summed E-state index contributed by atoms with van der Waals surface area (Å²) in [6.07, 6.45) is 0. The molecule has 0 bridgehead atoms. The third kappa shape index (κ3) is 0.742. The zero-order valence-electron chi connectivity index (χ0n) is 4.42. The number of hydrogen-bond donors (Lipinski definition) is 2. The summed E-state index contributed by atoms with van der Waals surface area (Å²) in [6, 6.07) is -0.174. The lowest BCUT2D eigenvalue weighted by atomic mass is 10.6. The highest BCUT2D eigenvalue weighted by Gasteiger charge is 2.16. The predicted octanol–water partition coefficient (Wildman–Crippen LogP) is -1.04. The second-order valence-electron chi connectivity index (χ2n) is 1.64. The van der Waals surface area contributed by atoms with Crippen LogP contribution in [0.25, 0.3) is 0 Å². The van der Waals surface area contributed by atoms with Crippen LogP contribution in [0.1, 0.15) is 0 Å². The molecule has 1 heterocycles. The number of hydrogen-bond acceptors (Lipinski definition) is 2. The minimum Gasteiger partial charge on any atom is -0.376 e. The SMILES string of the molecule is O=C1NCCN1CO. The van der Waals surface area contributed by atoms with Gasteiger partial charge in [-0.2, -0.15) is 0 Å². The third-order valence-electron chi connectivity index (χ3n) is 1.12. The molecule has 1 rings (SSSR count). The molecule has 0 unspecified atom stereocenters. The van der Waals surface area contributed by atoms with Gasteiger partial charge in [0.15, 0.2) is 0 Å². The topological polar surface area (TPSA) is 52.6 Å². The van der Waals surface area contributed by atoms with Crippen molar-refractivity contribution in [2.75, 3.05) is 19.8 Å². The van der Waals surface area contributed by atoms with Crippen molar-refractivity contribution in [3.05, 3.63) is 0 Å². The summed E-state index contributed by atoms with van der Waals surface area (Å²) in [6.45, 7) is 1.10. The van der Waals surface area contributed by atoms with E-state index in [-0.39, 0.29) is 12.8 Å². The quantitative estimate of drug-likeness (QED) is 0.460. The van der Waals surface area contributed by atoms with Crippen LogP contribution >= 0.6 is 0 Å². The van der Waals surface area contributed by atoms with Crippen molar-refractivity contribution in [1.29, 1.82) is 0 Å². The number of nitrogens with zero attached hydrogens (tertiary/aromatic N) is 1. The summed E-state index contributed by atoms with van der Waals surface area (Å²) in [4.78, 5) is 11.8. The lowest BCUT2D eigenvalue weighted by Gasteiger charge is -2.06. The van der Waals surface area contributed by atoms with Crippen molar-refractivity contribution < 1.29 is 9.90 Å². The molecule has 46 valence electrons. The van der Waals surface area contributed by atoms with Gasteiger partial charge in [0.25, 0.3) is 0 Å². The largest absolute Gasteiger partial charge is 0.376 e. The molecule has 4 heteroatoms. The Morgan fingerprint density at radius 3 is 2.88 bits per heavy atom. The highest BCUT2D eigenvalue weighted by atomic mass is 16.3. The van der Waals surface area contributed by atoms with Crippen LogP contribution in [0.4, 0.5) is 4.79 Å². The molecule has 0 aromatic rings. The van der Waals surface area contributed by atoms with E-state index in [1.165, 1.54) is 4.90 Å². The van der Waals surface area contributed by atoms with Gasteiger partial charge in [-0.25, -0.2) is 4.79 Å². The Morgan fingerprint density at radius 1 is 1.88 bits per heavy atom. The minimum atomic E-state index is -0.175. The molecular formula is C4H8N2O2. The molecule has 1 aliphatic rings. The standard InChI is InChI=1S/C4H8N2O2/c7-3-6-2-1-5-4(6)8/h7H,1-3H2,(H,5,8). The van der Waals surface area contributed by atoms with Gasteiger partial charge in [0.2, 0.25) is 0 Å². The van der Waals surface area contributed by atoms with Crippen LogP contribution in [0, 0.1) is 0 Å². The summed E-state index contributed by atoms with van der Waals surface area (Å²) < 4.78 is 0. The molecule has 2 amide bonds. The molecule has 1 saturated heterocycles. The molecule has 0 radical (unpaired) electrons. The number of nitrogens with one attached hydrogen (secondary N) is 1. The highest BCUT2D eigenvalue weighted by molar-refractivity contribution is 5.75. The van der Waals surface area contributed by atoms with Crippen molar-refractivity contribution >= 4 is 6.03 Å². The second-order valence-corrected chi connectivity index (χ2v) is 1.64. The molecule has 0 spiro atoms. The minimum absolute atomic E-state index is 0.174. The first-order valence-corrected chi connectivity index (χ1v) is 2.48. The van der Waals surface area contributed by atoms with Crippen LogP contribution in [-0.2, 0) is 0 Å². The van der Waals surface area contributed by atoms with E-state index in [0.717, 1.165) is 0 Å². The summed E-state index contributed by atoms with van der Waals surface area (Å²) in [5, 5.41) is 10.9. The van der Waals surface area contributed by atoms with E-state index >= 15 is 0 Å².